The number of hydrogen-bond acceptors (Lipinski definition) is 3. The van der Waals surface area contributed by atoms with E-state index >= 15 is 0 Å². The highest BCUT2D eigenvalue weighted by Crippen LogP contribution is 2.29. The lowest BCUT2D eigenvalue weighted by molar-refractivity contribution is 0.210. The Kier molecular flexibility index (Phi) is 3.58. The Labute approximate surface area is 127 Å². The predicted octanol–water partition coefficient (Wildman–Crippen LogP) is 3.06. The number of nitrogen functional groups attached to an aromatic ring is 1. The molecular formula is C16H16FN3O2. The van der Waals surface area contributed by atoms with E-state index in [-0.39, 0.29) is 5.82 Å². The van der Waals surface area contributed by atoms with Crippen molar-refractivity contribution in [2.45, 2.75) is 13.0 Å². The van der Waals surface area contributed by atoms with Crippen LogP contribution in [0.3, 0.4) is 0 Å². The first-order valence-corrected chi connectivity index (χ1v) is 6.94. The van der Waals surface area contributed by atoms with Gasteiger partial charge in [0.1, 0.15) is 5.82 Å². The van der Waals surface area contributed by atoms with Crippen LogP contribution >= 0.6 is 0 Å². The third-order valence-corrected chi connectivity index (χ3v) is 3.82. The Morgan fingerprint density at radius 1 is 1.23 bits per heavy atom. The van der Waals surface area contributed by atoms with Crippen LogP contribution in [0.4, 0.5) is 26.2 Å². The van der Waals surface area contributed by atoms with E-state index < -0.39 is 6.09 Å². The summed E-state index contributed by atoms with van der Waals surface area (Å²) >= 11 is 0. The molecule has 6 heteroatoms. The molecule has 0 radical (unpaired) electrons. The van der Waals surface area contributed by atoms with Gasteiger partial charge in [0.2, 0.25) is 0 Å². The van der Waals surface area contributed by atoms with Crippen molar-refractivity contribution in [1.82, 2.24) is 0 Å². The van der Waals surface area contributed by atoms with Crippen molar-refractivity contribution in [1.29, 1.82) is 0 Å². The van der Waals surface area contributed by atoms with Crippen molar-refractivity contribution in [3.63, 3.8) is 0 Å². The molecule has 5 nitrogen and oxygen atoms in total. The lowest BCUT2D eigenvalue weighted by Gasteiger charge is -2.31. The van der Waals surface area contributed by atoms with Crippen molar-refractivity contribution in [2.24, 2.45) is 0 Å². The van der Waals surface area contributed by atoms with Gasteiger partial charge in [-0.15, -0.1) is 0 Å². The van der Waals surface area contributed by atoms with Crippen molar-refractivity contribution >= 4 is 23.2 Å². The molecule has 0 spiro atoms. The fraction of sp³-hybridized carbons (Fsp3) is 0.188. The number of nitrogens with two attached hydrogens (primary N) is 1. The first-order chi connectivity index (χ1) is 10.5. The second-order valence-corrected chi connectivity index (χ2v) is 5.29. The molecule has 0 aromatic heterocycles. The van der Waals surface area contributed by atoms with E-state index in [9.17, 15) is 9.18 Å². The van der Waals surface area contributed by atoms with E-state index in [4.69, 9.17) is 10.8 Å². The Bertz CT molecular complexity index is 733. The number of anilines is 3. The topological polar surface area (TPSA) is 78.6 Å². The molecule has 3 rings (SSSR count). The van der Waals surface area contributed by atoms with Crippen LogP contribution in [0.5, 0.6) is 0 Å². The van der Waals surface area contributed by atoms with E-state index in [1.807, 2.05) is 12.1 Å². The molecule has 1 heterocycles. The van der Waals surface area contributed by atoms with Crippen LogP contribution in [-0.2, 0) is 13.0 Å². The van der Waals surface area contributed by atoms with Gasteiger partial charge in [0.25, 0.3) is 0 Å². The summed E-state index contributed by atoms with van der Waals surface area (Å²) in [7, 11) is 0. The Hall–Kier alpha value is -2.76. The third-order valence-electron chi connectivity index (χ3n) is 3.82. The lowest BCUT2D eigenvalue weighted by Crippen LogP contribution is -2.30. The number of benzene rings is 2. The van der Waals surface area contributed by atoms with Gasteiger partial charge in [-0.05, 0) is 47.9 Å². The van der Waals surface area contributed by atoms with E-state index in [0.717, 1.165) is 29.8 Å². The van der Waals surface area contributed by atoms with Crippen molar-refractivity contribution < 1.29 is 14.3 Å². The summed E-state index contributed by atoms with van der Waals surface area (Å²) in [6.45, 7) is 1.42. The number of nitrogens with one attached hydrogen (secondary N) is 1. The highest BCUT2D eigenvalue weighted by Gasteiger charge is 2.18. The smallest absolute Gasteiger partial charge is 0.409 e. The number of rotatable bonds is 2. The molecule has 0 saturated carbocycles. The van der Waals surface area contributed by atoms with Crippen LogP contribution in [0.1, 0.15) is 11.1 Å². The van der Waals surface area contributed by atoms with E-state index in [0.29, 0.717) is 17.9 Å². The fourth-order valence-electron chi connectivity index (χ4n) is 2.72. The molecular weight excluding hydrogens is 285 g/mol. The third kappa shape index (κ3) is 2.81. The highest BCUT2D eigenvalue weighted by molar-refractivity contribution is 5.88. The number of amides is 1. The molecule has 4 N–H and O–H groups in total. The average molecular weight is 301 g/mol. The number of carboxylic acid groups (broad SMARTS) is 1. The monoisotopic (exact) mass is 301 g/mol. The average Bonchev–Trinajstić information content (AvgIpc) is 2.48. The summed E-state index contributed by atoms with van der Waals surface area (Å²) in [5, 5.41) is 11.0. The molecule has 0 saturated heterocycles. The zero-order chi connectivity index (χ0) is 15.7. The van der Waals surface area contributed by atoms with Crippen molar-refractivity contribution in [3.8, 4) is 0 Å². The van der Waals surface area contributed by atoms with Gasteiger partial charge in [-0.2, -0.15) is 0 Å². The van der Waals surface area contributed by atoms with Gasteiger partial charge in [0, 0.05) is 18.8 Å². The number of halogens is 1. The van der Waals surface area contributed by atoms with Crippen molar-refractivity contribution in [3.05, 3.63) is 53.3 Å². The van der Waals surface area contributed by atoms with Gasteiger partial charge in [-0.25, -0.2) is 9.18 Å². The fourth-order valence-corrected chi connectivity index (χ4v) is 2.72. The second kappa shape index (κ2) is 5.55. The van der Waals surface area contributed by atoms with E-state index in [1.54, 1.807) is 18.2 Å². The van der Waals surface area contributed by atoms with Gasteiger partial charge in [0.05, 0.1) is 11.4 Å². The largest absolute Gasteiger partial charge is 0.465 e. The maximum atomic E-state index is 13.4. The van der Waals surface area contributed by atoms with Gasteiger partial charge in [0.15, 0.2) is 0 Å². The Balaban J connectivity index is 1.83. The highest BCUT2D eigenvalue weighted by atomic mass is 19.1. The van der Waals surface area contributed by atoms with Gasteiger partial charge in [-0.3, -0.25) is 5.32 Å². The molecule has 0 unspecified atom stereocenters. The first kappa shape index (κ1) is 14.2. The Morgan fingerprint density at radius 2 is 2.05 bits per heavy atom. The van der Waals surface area contributed by atoms with Crippen molar-refractivity contribution in [2.75, 3.05) is 22.5 Å². The van der Waals surface area contributed by atoms with Crippen LogP contribution < -0.4 is 16.0 Å². The Morgan fingerprint density at radius 3 is 2.77 bits per heavy atom. The van der Waals surface area contributed by atoms with Crippen LogP contribution in [0.2, 0.25) is 0 Å². The number of nitrogens with zero attached hydrogens (tertiary/aromatic N) is 1. The first-order valence-electron chi connectivity index (χ1n) is 6.94. The van der Waals surface area contributed by atoms with Gasteiger partial charge < -0.3 is 15.7 Å². The predicted molar refractivity (Wildman–Crippen MR) is 83.7 cm³/mol. The molecule has 0 aliphatic carbocycles. The molecule has 1 aliphatic rings. The molecule has 0 fully saturated rings. The van der Waals surface area contributed by atoms with Gasteiger partial charge in [-0.1, -0.05) is 6.07 Å². The minimum atomic E-state index is -1.15. The van der Waals surface area contributed by atoms with Crippen LogP contribution in [0.15, 0.2) is 36.4 Å². The summed E-state index contributed by atoms with van der Waals surface area (Å²) < 4.78 is 13.4. The summed E-state index contributed by atoms with van der Waals surface area (Å²) in [5.41, 5.74) is 9.63. The molecule has 0 atom stereocenters. The zero-order valence-corrected chi connectivity index (χ0v) is 11.8. The molecule has 22 heavy (non-hydrogen) atoms. The maximum Gasteiger partial charge on any atom is 0.409 e. The number of fused-ring (bicyclic) bond motifs is 1. The summed E-state index contributed by atoms with van der Waals surface area (Å²) in [4.78, 5) is 12.8. The minimum absolute atomic E-state index is 0.235. The lowest BCUT2D eigenvalue weighted by atomic mass is 9.99. The van der Waals surface area contributed by atoms with Gasteiger partial charge >= 0.3 is 6.09 Å². The summed E-state index contributed by atoms with van der Waals surface area (Å²) in [6.07, 6.45) is -0.313. The maximum absolute atomic E-state index is 13.4. The quantitative estimate of drug-likeness (QED) is 0.745. The summed E-state index contributed by atoms with van der Waals surface area (Å²) in [6, 6.07) is 10.1. The summed E-state index contributed by atoms with van der Waals surface area (Å²) in [5.74, 6) is -0.235. The van der Waals surface area contributed by atoms with Crippen LogP contribution in [0.25, 0.3) is 0 Å². The SMILES string of the molecule is Nc1cc(N2CCc3ccc(F)cc3C2)ccc1NC(=O)O. The molecule has 2 aromatic rings. The molecule has 1 aliphatic heterocycles. The standard InChI is InChI=1S/C16H16FN3O2/c17-12-2-1-10-5-6-20(9-11(10)7-12)13-3-4-15(14(18)8-13)19-16(21)22/h1-4,7-8,19H,5-6,9,18H2,(H,21,22). The molecule has 1 amide bonds. The molecule has 2 aromatic carbocycles. The minimum Gasteiger partial charge on any atom is -0.465 e. The van der Waals surface area contributed by atoms with E-state index in [2.05, 4.69) is 10.2 Å². The van der Waals surface area contributed by atoms with Crippen LogP contribution in [0, 0.1) is 5.82 Å². The normalized spacial score (nSPS) is 13.6. The van der Waals surface area contributed by atoms with Crippen LogP contribution in [-0.4, -0.2) is 17.7 Å². The van der Waals surface area contributed by atoms with E-state index in [1.165, 1.54) is 6.07 Å². The zero-order valence-electron chi connectivity index (χ0n) is 11.8. The second-order valence-electron chi connectivity index (χ2n) is 5.29. The number of carbonyl (C=O) groups is 1. The molecule has 0 bridgehead atoms. The molecule has 114 valence electrons. The number of hydrogen-bond donors (Lipinski definition) is 3.